The average Bonchev–Trinajstić information content (AvgIpc) is 2.39. The molecular formula is C14H22N2O2. The summed E-state index contributed by atoms with van der Waals surface area (Å²) in [4.78, 5) is 8.84. The number of rotatable bonds is 4. The minimum Gasteiger partial charge on any atom is -0.390 e. The number of hydrogen-bond donors (Lipinski definition) is 1. The number of aliphatic hydroxyl groups excluding tert-OH is 1. The molecule has 2 rings (SSSR count). The van der Waals surface area contributed by atoms with Crippen molar-refractivity contribution < 1.29 is 9.84 Å². The number of hydrogen-bond acceptors (Lipinski definition) is 4. The maximum absolute atomic E-state index is 9.20. The average molecular weight is 250 g/mol. The van der Waals surface area contributed by atoms with Gasteiger partial charge in [0, 0.05) is 12.8 Å². The van der Waals surface area contributed by atoms with Crippen LogP contribution in [0.4, 0.5) is 0 Å². The molecule has 1 heterocycles. The predicted octanol–water partition coefficient (Wildman–Crippen LogP) is 2.41. The summed E-state index contributed by atoms with van der Waals surface area (Å²) in [5, 5.41) is 9.20. The number of aromatic nitrogens is 2. The summed E-state index contributed by atoms with van der Waals surface area (Å²) in [6.07, 6.45) is 6.05. The molecule has 0 amide bonds. The van der Waals surface area contributed by atoms with Crippen molar-refractivity contribution in [1.29, 1.82) is 0 Å². The third kappa shape index (κ3) is 2.70. The molecule has 1 saturated carbocycles. The molecule has 1 aliphatic carbocycles. The van der Waals surface area contributed by atoms with E-state index in [1.54, 1.807) is 12.3 Å². The van der Waals surface area contributed by atoms with Gasteiger partial charge in [0.15, 0.2) is 5.82 Å². The van der Waals surface area contributed by atoms with Crippen LogP contribution >= 0.6 is 0 Å². The molecule has 0 spiro atoms. The number of aliphatic hydroxyl groups is 1. The summed E-state index contributed by atoms with van der Waals surface area (Å²) in [7, 11) is 0. The van der Waals surface area contributed by atoms with Gasteiger partial charge in [-0.15, -0.1) is 0 Å². The first-order valence-corrected chi connectivity index (χ1v) is 6.77. The van der Waals surface area contributed by atoms with E-state index < -0.39 is 0 Å². The fraction of sp³-hybridized carbons (Fsp3) is 0.714. The zero-order chi connectivity index (χ0) is 13.0. The molecule has 1 N–H and O–H groups in total. The van der Waals surface area contributed by atoms with Crippen molar-refractivity contribution in [2.75, 3.05) is 6.61 Å². The van der Waals surface area contributed by atoms with Crippen LogP contribution in [-0.4, -0.2) is 21.7 Å². The highest BCUT2D eigenvalue weighted by Crippen LogP contribution is 2.41. The van der Waals surface area contributed by atoms with Gasteiger partial charge >= 0.3 is 0 Å². The molecule has 1 aromatic rings. The van der Waals surface area contributed by atoms with Gasteiger partial charge in [-0.05, 0) is 38.2 Å². The van der Waals surface area contributed by atoms with Gasteiger partial charge in [0.05, 0.1) is 12.3 Å². The first kappa shape index (κ1) is 13.4. The summed E-state index contributed by atoms with van der Waals surface area (Å²) in [6, 6.07) is 1.75. The lowest BCUT2D eigenvalue weighted by Crippen LogP contribution is -2.37. The lowest BCUT2D eigenvalue weighted by Gasteiger charge is -2.38. The Morgan fingerprint density at radius 2 is 2.39 bits per heavy atom. The lowest BCUT2D eigenvalue weighted by atomic mass is 9.78. The largest absolute Gasteiger partial charge is 0.390 e. The Bertz CT molecular complexity index is 393. The fourth-order valence-electron chi connectivity index (χ4n) is 2.88. The predicted molar refractivity (Wildman–Crippen MR) is 68.9 cm³/mol. The monoisotopic (exact) mass is 250 g/mol. The van der Waals surface area contributed by atoms with Gasteiger partial charge < -0.3 is 9.84 Å². The summed E-state index contributed by atoms with van der Waals surface area (Å²) in [5.74, 6) is 1.37. The molecule has 1 aliphatic rings. The van der Waals surface area contributed by atoms with E-state index in [-0.39, 0.29) is 12.2 Å². The Kier molecular flexibility index (Phi) is 4.30. The second kappa shape index (κ2) is 5.76. The molecule has 100 valence electrons. The first-order chi connectivity index (χ1) is 8.70. The van der Waals surface area contributed by atoms with E-state index in [1.165, 1.54) is 6.42 Å². The Labute approximate surface area is 108 Å². The van der Waals surface area contributed by atoms with Crippen molar-refractivity contribution in [3.63, 3.8) is 0 Å². The molecule has 0 bridgehead atoms. The molecule has 0 aliphatic heterocycles. The van der Waals surface area contributed by atoms with Gasteiger partial charge in [-0.3, -0.25) is 0 Å². The second-order valence-electron chi connectivity index (χ2n) is 5.16. The Morgan fingerprint density at radius 3 is 3.06 bits per heavy atom. The van der Waals surface area contributed by atoms with Crippen LogP contribution in [0.3, 0.4) is 0 Å². The smallest absolute Gasteiger partial charge is 0.160 e. The van der Waals surface area contributed by atoms with Crippen LogP contribution in [-0.2, 0) is 16.9 Å². The van der Waals surface area contributed by atoms with E-state index >= 15 is 0 Å². The van der Waals surface area contributed by atoms with E-state index in [4.69, 9.17) is 4.74 Å². The van der Waals surface area contributed by atoms with Crippen molar-refractivity contribution >= 4 is 0 Å². The molecule has 1 fully saturated rings. The van der Waals surface area contributed by atoms with E-state index in [9.17, 15) is 5.11 Å². The molecule has 1 aromatic heterocycles. The van der Waals surface area contributed by atoms with Gasteiger partial charge in [-0.25, -0.2) is 9.97 Å². The molecular weight excluding hydrogens is 228 g/mol. The van der Waals surface area contributed by atoms with E-state index in [0.29, 0.717) is 18.2 Å². The molecule has 0 radical (unpaired) electrons. The van der Waals surface area contributed by atoms with Crippen molar-refractivity contribution in [1.82, 2.24) is 9.97 Å². The molecule has 18 heavy (non-hydrogen) atoms. The molecule has 2 unspecified atom stereocenters. The Balaban J connectivity index is 2.33. The van der Waals surface area contributed by atoms with E-state index in [2.05, 4.69) is 16.9 Å². The van der Waals surface area contributed by atoms with E-state index in [0.717, 1.165) is 25.1 Å². The zero-order valence-electron chi connectivity index (χ0n) is 11.2. The lowest BCUT2D eigenvalue weighted by molar-refractivity contribution is -0.0883. The van der Waals surface area contributed by atoms with Gasteiger partial charge in [-0.1, -0.05) is 13.3 Å². The van der Waals surface area contributed by atoms with Gasteiger partial charge in [0.2, 0.25) is 0 Å². The van der Waals surface area contributed by atoms with Crippen LogP contribution < -0.4 is 0 Å². The highest BCUT2D eigenvalue weighted by molar-refractivity contribution is 5.09. The maximum atomic E-state index is 9.20. The van der Waals surface area contributed by atoms with Crippen LogP contribution in [0.1, 0.15) is 51.0 Å². The van der Waals surface area contributed by atoms with Crippen molar-refractivity contribution in [2.45, 2.75) is 51.7 Å². The number of nitrogens with zero attached hydrogens (tertiary/aromatic N) is 2. The Morgan fingerprint density at radius 1 is 1.56 bits per heavy atom. The van der Waals surface area contributed by atoms with Gasteiger partial charge in [0.1, 0.15) is 5.60 Å². The molecule has 0 saturated heterocycles. The molecule has 2 atom stereocenters. The van der Waals surface area contributed by atoms with Gasteiger partial charge in [0.25, 0.3) is 0 Å². The van der Waals surface area contributed by atoms with Crippen molar-refractivity contribution in [3.05, 3.63) is 23.8 Å². The topological polar surface area (TPSA) is 55.2 Å². The normalized spacial score (nSPS) is 28.3. The van der Waals surface area contributed by atoms with Crippen LogP contribution in [0.25, 0.3) is 0 Å². The maximum Gasteiger partial charge on any atom is 0.160 e. The quantitative estimate of drug-likeness (QED) is 0.891. The highest BCUT2D eigenvalue weighted by atomic mass is 16.5. The van der Waals surface area contributed by atoms with Crippen LogP contribution in [0.2, 0.25) is 0 Å². The summed E-state index contributed by atoms with van der Waals surface area (Å²) in [5.41, 5.74) is 0.315. The SMILES string of the molecule is CCOC1(c2nccc(CO)n2)CCCC(C)C1. The highest BCUT2D eigenvalue weighted by Gasteiger charge is 2.39. The standard InChI is InChI=1S/C14H22N2O2/c1-3-18-14(7-4-5-11(2)9-14)13-15-8-6-12(10-17)16-13/h6,8,11,17H,3-5,7,9-10H2,1-2H3. The fourth-order valence-corrected chi connectivity index (χ4v) is 2.88. The van der Waals surface area contributed by atoms with Crippen LogP contribution in [0.5, 0.6) is 0 Å². The van der Waals surface area contributed by atoms with Gasteiger partial charge in [-0.2, -0.15) is 0 Å². The van der Waals surface area contributed by atoms with E-state index in [1.807, 2.05) is 6.92 Å². The zero-order valence-corrected chi connectivity index (χ0v) is 11.2. The minimum atomic E-state index is -0.350. The molecule has 4 heteroatoms. The first-order valence-electron chi connectivity index (χ1n) is 6.77. The minimum absolute atomic E-state index is 0.0483. The summed E-state index contributed by atoms with van der Waals surface area (Å²) < 4.78 is 6.02. The molecule has 0 aromatic carbocycles. The Hall–Kier alpha value is -1.00. The second-order valence-corrected chi connectivity index (χ2v) is 5.16. The third-order valence-corrected chi connectivity index (χ3v) is 3.66. The third-order valence-electron chi connectivity index (χ3n) is 3.66. The van der Waals surface area contributed by atoms with Crippen molar-refractivity contribution in [2.24, 2.45) is 5.92 Å². The summed E-state index contributed by atoms with van der Waals surface area (Å²) in [6.45, 7) is 4.88. The van der Waals surface area contributed by atoms with Crippen molar-refractivity contribution in [3.8, 4) is 0 Å². The van der Waals surface area contributed by atoms with Crippen LogP contribution in [0.15, 0.2) is 12.3 Å². The summed E-state index contributed by atoms with van der Waals surface area (Å²) >= 11 is 0. The molecule has 4 nitrogen and oxygen atoms in total. The van der Waals surface area contributed by atoms with Crippen LogP contribution in [0, 0.1) is 5.92 Å². The number of ether oxygens (including phenoxy) is 1.